The van der Waals surface area contributed by atoms with Crippen LogP contribution in [-0.4, -0.2) is 55.5 Å². The molecular formula is C23H28N2O3. The third-order valence-electron chi connectivity index (χ3n) is 6.66. The van der Waals surface area contributed by atoms with E-state index in [0.717, 1.165) is 30.7 Å². The summed E-state index contributed by atoms with van der Waals surface area (Å²) in [6, 6.07) is 8.65. The highest BCUT2D eigenvalue weighted by Crippen LogP contribution is 2.47. The average Bonchev–Trinajstić information content (AvgIpc) is 3.22. The molecule has 1 saturated heterocycles. The van der Waals surface area contributed by atoms with E-state index in [4.69, 9.17) is 9.15 Å². The van der Waals surface area contributed by atoms with Gasteiger partial charge in [0.05, 0.1) is 25.7 Å². The van der Waals surface area contributed by atoms with Gasteiger partial charge in [-0.25, -0.2) is 0 Å². The summed E-state index contributed by atoms with van der Waals surface area (Å²) in [5.74, 6) is 0.897. The summed E-state index contributed by atoms with van der Waals surface area (Å²) < 4.78 is 10.6. The van der Waals surface area contributed by atoms with Gasteiger partial charge in [0, 0.05) is 30.1 Å². The minimum absolute atomic E-state index is 0.0177. The van der Waals surface area contributed by atoms with E-state index in [2.05, 4.69) is 31.0 Å². The van der Waals surface area contributed by atoms with Crippen LogP contribution in [0, 0.1) is 0 Å². The van der Waals surface area contributed by atoms with E-state index in [-0.39, 0.29) is 17.4 Å². The van der Waals surface area contributed by atoms with Crippen molar-refractivity contribution in [3.05, 3.63) is 59.6 Å². The Balaban J connectivity index is 1.69. The van der Waals surface area contributed by atoms with Gasteiger partial charge in [-0.15, -0.1) is 0 Å². The van der Waals surface area contributed by atoms with Crippen LogP contribution in [0.1, 0.15) is 30.0 Å². The molecular weight excluding hydrogens is 352 g/mol. The maximum Gasteiger partial charge on any atom is 0.246 e. The molecule has 1 aliphatic carbocycles. The van der Waals surface area contributed by atoms with Crippen molar-refractivity contribution in [3.63, 3.8) is 0 Å². The number of methoxy groups -OCH3 is 1. The molecule has 1 amide bonds. The molecule has 0 radical (unpaired) electrons. The number of amides is 1. The fraction of sp³-hybridized carbons (Fsp3) is 0.435. The van der Waals surface area contributed by atoms with Crippen molar-refractivity contribution in [2.75, 3.05) is 27.7 Å². The largest absolute Gasteiger partial charge is 0.497 e. The lowest BCUT2D eigenvalue weighted by atomic mass is 9.61. The van der Waals surface area contributed by atoms with Gasteiger partial charge in [-0.1, -0.05) is 13.0 Å². The van der Waals surface area contributed by atoms with Gasteiger partial charge in [0.2, 0.25) is 5.91 Å². The highest BCUT2D eigenvalue weighted by molar-refractivity contribution is 5.92. The Morgan fingerprint density at radius 1 is 1.39 bits per heavy atom. The minimum atomic E-state index is -0.104. The summed E-state index contributed by atoms with van der Waals surface area (Å²) in [6.45, 7) is 3.33. The molecule has 5 nitrogen and oxygen atoms in total. The molecule has 5 heteroatoms. The SMILES string of the molecule is COc1ccc2c(c1)[C@@]1(C)CCN(C)C(C2)[C@H]1N(C)C(=O)/C=C/c1ccoc1. The van der Waals surface area contributed by atoms with Crippen LogP contribution in [0.5, 0.6) is 5.75 Å². The van der Waals surface area contributed by atoms with Gasteiger partial charge in [0.15, 0.2) is 0 Å². The molecule has 1 aromatic heterocycles. The summed E-state index contributed by atoms with van der Waals surface area (Å²) in [5, 5.41) is 0. The molecule has 0 saturated carbocycles. The van der Waals surface area contributed by atoms with Gasteiger partial charge in [-0.05, 0) is 61.8 Å². The van der Waals surface area contributed by atoms with Crippen molar-refractivity contribution in [3.8, 4) is 5.75 Å². The fourth-order valence-corrected chi connectivity index (χ4v) is 5.04. The number of fused-ring (bicyclic) bond motifs is 4. The van der Waals surface area contributed by atoms with E-state index in [1.807, 2.05) is 30.2 Å². The van der Waals surface area contributed by atoms with Gasteiger partial charge in [0.25, 0.3) is 0 Å². The number of ether oxygens (including phenoxy) is 1. The van der Waals surface area contributed by atoms with Gasteiger partial charge >= 0.3 is 0 Å². The Morgan fingerprint density at radius 2 is 2.21 bits per heavy atom. The first-order chi connectivity index (χ1) is 13.4. The van der Waals surface area contributed by atoms with Crippen molar-refractivity contribution in [2.24, 2.45) is 0 Å². The van der Waals surface area contributed by atoms with Gasteiger partial charge in [0.1, 0.15) is 5.75 Å². The second-order valence-corrected chi connectivity index (χ2v) is 8.23. The van der Waals surface area contributed by atoms with Crippen LogP contribution in [0.15, 0.2) is 47.3 Å². The maximum atomic E-state index is 13.0. The molecule has 2 heterocycles. The molecule has 1 unspecified atom stereocenters. The lowest BCUT2D eigenvalue weighted by Crippen LogP contribution is -2.67. The Bertz CT molecular complexity index is 889. The number of piperidine rings is 1. The van der Waals surface area contributed by atoms with Crippen LogP contribution in [-0.2, 0) is 16.6 Å². The van der Waals surface area contributed by atoms with Crippen LogP contribution in [0.4, 0.5) is 0 Å². The predicted octanol–water partition coefficient (Wildman–Crippen LogP) is 3.35. The van der Waals surface area contributed by atoms with Crippen LogP contribution < -0.4 is 4.74 Å². The number of carbonyl (C=O) groups excluding carboxylic acids is 1. The topological polar surface area (TPSA) is 45.9 Å². The highest BCUT2D eigenvalue weighted by Gasteiger charge is 2.52. The van der Waals surface area contributed by atoms with E-state index in [0.29, 0.717) is 6.04 Å². The molecule has 0 spiro atoms. The standard InChI is InChI=1S/C23H28N2O3/c1-23-10-11-24(2)20(13-17-6-7-18(27-4)14-19(17)23)22(23)25(3)21(26)8-5-16-9-12-28-15-16/h5-9,12,14-15,20,22H,10-11,13H2,1-4H3/b8-5+/t20?,22-,23-/m1/s1. The molecule has 1 fully saturated rings. The first-order valence-corrected chi connectivity index (χ1v) is 9.79. The number of likely N-dealkylation sites (tertiary alicyclic amines) is 1. The van der Waals surface area contributed by atoms with Crippen molar-refractivity contribution < 1.29 is 13.9 Å². The molecule has 3 atom stereocenters. The normalized spacial score (nSPS) is 26.9. The number of likely N-dealkylation sites (N-methyl/N-ethyl adjacent to an activating group) is 2. The van der Waals surface area contributed by atoms with Crippen LogP contribution >= 0.6 is 0 Å². The van der Waals surface area contributed by atoms with Gasteiger partial charge in [-0.3, -0.25) is 4.79 Å². The van der Waals surface area contributed by atoms with E-state index >= 15 is 0 Å². The van der Waals surface area contributed by atoms with Crippen molar-refractivity contribution >= 4 is 12.0 Å². The zero-order valence-electron chi connectivity index (χ0n) is 17.0. The zero-order chi connectivity index (χ0) is 19.9. The summed E-state index contributed by atoms with van der Waals surface area (Å²) in [7, 11) is 5.81. The third-order valence-corrected chi connectivity index (χ3v) is 6.66. The van der Waals surface area contributed by atoms with E-state index in [1.165, 1.54) is 11.1 Å². The first-order valence-electron chi connectivity index (χ1n) is 9.79. The lowest BCUT2D eigenvalue weighted by molar-refractivity contribution is -0.132. The molecule has 2 aromatic rings. The summed E-state index contributed by atoms with van der Waals surface area (Å²) in [5.41, 5.74) is 3.47. The van der Waals surface area contributed by atoms with Crippen molar-refractivity contribution in [1.82, 2.24) is 9.80 Å². The molecule has 2 aliphatic rings. The molecule has 1 aliphatic heterocycles. The number of hydrogen-bond donors (Lipinski definition) is 0. The molecule has 28 heavy (non-hydrogen) atoms. The first kappa shape index (κ1) is 18.8. The van der Waals surface area contributed by atoms with Crippen LogP contribution in [0.25, 0.3) is 6.08 Å². The van der Waals surface area contributed by atoms with Crippen LogP contribution in [0.3, 0.4) is 0 Å². The summed E-state index contributed by atoms with van der Waals surface area (Å²) in [4.78, 5) is 17.4. The summed E-state index contributed by atoms with van der Waals surface area (Å²) >= 11 is 0. The second kappa shape index (κ2) is 7.13. The monoisotopic (exact) mass is 380 g/mol. The molecule has 0 N–H and O–H groups in total. The molecule has 2 bridgehead atoms. The average molecular weight is 380 g/mol. The summed E-state index contributed by atoms with van der Waals surface area (Å²) in [6.07, 6.45) is 8.65. The van der Waals surface area contributed by atoms with E-state index in [9.17, 15) is 4.79 Å². The second-order valence-electron chi connectivity index (χ2n) is 8.23. The molecule has 1 aromatic carbocycles. The van der Waals surface area contributed by atoms with Gasteiger partial charge in [-0.2, -0.15) is 0 Å². The Hall–Kier alpha value is -2.53. The Labute approximate surface area is 166 Å². The highest BCUT2D eigenvalue weighted by atomic mass is 16.5. The number of benzene rings is 1. The zero-order valence-corrected chi connectivity index (χ0v) is 17.0. The number of hydrogen-bond acceptors (Lipinski definition) is 4. The number of nitrogens with zero attached hydrogens (tertiary/aromatic N) is 2. The fourth-order valence-electron chi connectivity index (χ4n) is 5.04. The third kappa shape index (κ3) is 3.04. The number of rotatable bonds is 4. The number of carbonyl (C=O) groups is 1. The predicted molar refractivity (Wildman–Crippen MR) is 109 cm³/mol. The van der Waals surface area contributed by atoms with E-state index in [1.54, 1.807) is 25.7 Å². The lowest BCUT2D eigenvalue weighted by Gasteiger charge is -2.57. The van der Waals surface area contributed by atoms with E-state index < -0.39 is 0 Å². The van der Waals surface area contributed by atoms with Crippen molar-refractivity contribution in [1.29, 1.82) is 0 Å². The molecule has 148 valence electrons. The van der Waals surface area contributed by atoms with Crippen LogP contribution in [0.2, 0.25) is 0 Å². The quantitative estimate of drug-likeness (QED) is 0.763. The maximum absolute atomic E-state index is 13.0. The minimum Gasteiger partial charge on any atom is -0.497 e. The van der Waals surface area contributed by atoms with Gasteiger partial charge < -0.3 is 19.0 Å². The molecule has 4 rings (SSSR count). The Morgan fingerprint density at radius 3 is 2.93 bits per heavy atom. The van der Waals surface area contributed by atoms with Crippen molar-refractivity contribution in [2.45, 2.75) is 37.3 Å². The number of furan rings is 1. The smallest absolute Gasteiger partial charge is 0.246 e. The Kier molecular flexibility index (Phi) is 4.79.